The molecule has 4 aromatic heterocycles. The van der Waals surface area contributed by atoms with E-state index in [1.807, 2.05) is 6.07 Å². The summed E-state index contributed by atoms with van der Waals surface area (Å²) in [6.07, 6.45) is 4.86. The lowest BCUT2D eigenvalue weighted by molar-refractivity contribution is -0.706. The molecule has 0 saturated carbocycles. The van der Waals surface area contributed by atoms with Crippen molar-refractivity contribution < 1.29 is 14.1 Å². The highest BCUT2D eigenvalue weighted by Crippen LogP contribution is 2.28. The molecule has 0 aliphatic rings. The average Bonchev–Trinajstić information content (AvgIpc) is 3.40. The Morgan fingerprint density at radius 1 is 1.13 bits per heavy atom. The number of aromatic nitrogens is 5. The molecule has 154 valence electrons. The average molecular weight is 472 g/mol. The molecule has 0 spiro atoms. The highest BCUT2D eigenvalue weighted by molar-refractivity contribution is 7.19. The minimum Gasteiger partial charge on any atom is -0.842 e. The van der Waals surface area contributed by atoms with Crippen LogP contribution in [0.2, 0.25) is 4.47 Å². The monoisotopic (exact) mass is 471 g/mol. The second-order valence-corrected chi connectivity index (χ2v) is 9.15. The van der Waals surface area contributed by atoms with Crippen molar-refractivity contribution in [2.75, 3.05) is 0 Å². The maximum Gasteiger partial charge on any atom is 0.371 e. The highest BCUT2D eigenvalue weighted by Gasteiger charge is 2.26. The van der Waals surface area contributed by atoms with E-state index in [0.717, 1.165) is 10.4 Å². The molecule has 0 radical (unpaired) electrons. The van der Waals surface area contributed by atoms with E-state index < -0.39 is 17.3 Å². The summed E-state index contributed by atoms with van der Waals surface area (Å²) in [4.78, 5) is 22.5. The van der Waals surface area contributed by atoms with Gasteiger partial charge in [-0.15, -0.1) is 11.3 Å². The fourth-order valence-electron chi connectivity index (χ4n) is 3.13. The standard InChI is InChI=1S/C20H11ClFN5O2S2/c21-19-24-9-14(30-19)10-26-17(28)15(11-3-5-13(22)6-4-11)18(29)27-20(26)31-16(25-27)12-2-1-7-23-8-12/h1-9H,10H2. The summed E-state index contributed by atoms with van der Waals surface area (Å²) in [6.45, 7) is 0.163. The first-order chi connectivity index (χ1) is 15.0. The van der Waals surface area contributed by atoms with Gasteiger partial charge in [0.2, 0.25) is 0 Å². The van der Waals surface area contributed by atoms with Crippen LogP contribution in [-0.2, 0) is 6.54 Å². The Labute approximate surface area is 187 Å². The second-order valence-electron chi connectivity index (χ2n) is 6.50. The molecule has 1 aromatic carbocycles. The van der Waals surface area contributed by atoms with Crippen LogP contribution in [0.3, 0.4) is 0 Å². The first-order valence-electron chi connectivity index (χ1n) is 8.94. The van der Waals surface area contributed by atoms with Gasteiger partial charge in [-0.2, -0.15) is 0 Å². The molecule has 7 nitrogen and oxygen atoms in total. The Balaban J connectivity index is 1.79. The molecule has 4 heterocycles. The zero-order valence-electron chi connectivity index (χ0n) is 15.5. The van der Waals surface area contributed by atoms with Crippen molar-refractivity contribution in [2.45, 2.75) is 6.54 Å². The van der Waals surface area contributed by atoms with E-state index in [-0.39, 0.29) is 12.1 Å². The fraction of sp³-hybridized carbons (Fsp3) is 0.0500. The summed E-state index contributed by atoms with van der Waals surface area (Å²) < 4.78 is 16.4. The molecule has 0 atom stereocenters. The highest BCUT2D eigenvalue weighted by atomic mass is 35.5. The minimum absolute atomic E-state index is 0.0869. The molecule has 0 fully saturated rings. The Kier molecular flexibility index (Phi) is 4.97. The second kappa shape index (κ2) is 7.80. The maximum atomic E-state index is 13.4. The summed E-state index contributed by atoms with van der Waals surface area (Å²) in [5.41, 5.74) is 0.379. The number of halogens is 2. The van der Waals surface area contributed by atoms with Gasteiger partial charge >= 0.3 is 10.5 Å². The fourth-order valence-corrected chi connectivity index (χ4v) is 5.09. The van der Waals surface area contributed by atoms with Crippen LogP contribution in [-0.4, -0.2) is 19.6 Å². The number of rotatable bonds is 4. The van der Waals surface area contributed by atoms with Crippen LogP contribution < -0.4 is 15.2 Å². The smallest absolute Gasteiger partial charge is 0.371 e. The molecule has 0 N–H and O–H groups in total. The molecule has 11 heteroatoms. The first kappa shape index (κ1) is 19.7. The van der Waals surface area contributed by atoms with Gasteiger partial charge in [0.25, 0.3) is 0 Å². The van der Waals surface area contributed by atoms with Crippen LogP contribution >= 0.6 is 34.3 Å². The normalized spacial score (nSPS) is 11.3. The van der Waals surface area contributed by atoms with Crippen LogP contribution in [0.1, 0.15) is 4.88 Å². The Hall–Kier alpha value is -3.21. The number of nitrogens with zero attached hydrogens (tertiary/aromatic N) is 5. The first-order valence-corrected chi connectivity index (χ1v) is 11.0. The number of thiazole rings is 1. The third-order valence-electron chi connectivity index (χ3n) is 4.54. The number of hydrogen-bond acceptors (Lipinski definition) is 7. The van der Waals surface area contributed by atoms with E-state index in [0.29, 0.717) is 20.0 Å². The predicted octanol–water partition coefficient (Wildman–Crippen LogP) is 3.14. The van der Waals surface area contributed by atoms with Gasteiger partial charge in [0.1, 0.15) is 17.9 Å². The van der Waals surface area contributed by atoms with E-state index in [9.17, 15) is 14.3 Å². The van der Waals surface area contributed by atoms with Crippen LogP contribution in [0.4, 0.5) is 4.39 Å². The minimum atomic E-state index is -0.573. The molecule has 0 unspecified atom stereocenters. The van der Waals surface area contributed by atoms with Gasteiger partial charge in [0, 0.05) is 24.2 Å². The van der Waals surface area contributed by atoms with Gasteiger partial charge in [0.15, 0.2) is 9.47 Å². The van der Waals surface area contributed by atoms with Crippen molar-refractivity contribution in [1.29, 1.82) is 0 Å². The molecule has 31 heavy (non-hydrogen) atoms. The van der Waals surface area contributed by atoms with Crippen LogP contribution in [0, 0.1) is 5.82 Å². The van der Waals surface area contributed by atoms with E-state index >= 15 is 0 Å². The third-order valence-corrected chi connectivity index (χ3v) is 6.72. The topological polar surface area (TPSA) is 87.1 Å². The largest absolute Gasteiger partial charge is 0.842 e. The Bertz CT molecular complexity index is 1470. The van der Waals surface area contributed by atoms with Gasteiger partial charge < -0.3 is 5.11 Å². The quantitative estimate of drug-likeness (QED) is 0.376. The summed E-state index contributed by atoms with van der Waals surface area (Å²) >= 11 is 8.40. The number of hydrogen-bond donors (Lipinski definition) is 0. The third kappa shape index (κ3) is 3.58. The Morgan fingerprint density at radius 3 is 2.61 bits per heavy atom. The molecule has 0 bridgehead atoms. The summed E-state index contributed by atoms with van der Waals surface area (Å²) in [5, 5.41) is 18.4. The zero-order valence-corrected chi connectivity index (χ0v) is 17.9. The number of benzene rings is 1. The van der Waals surface area contributed by atoms with Gasteiger partial charge in [-0.1, -0.05) is 28.8 Å². The molecular formula is C20H11ClFN5O2S2. The van der Waals surface area contributed by atoms with E-state index in [4.69, 9.17) is 11.6 Å². The van der Waals surface area contributed by atoms with Gasteiger partial charge in [-0.05, 0) is 45.7 Å². The van der Waals surface area contributed by atoms with Crippen molar-refractivity contribution in [3.05, 3.63) is 80.5 Å². The van der Waals surface area contributed by atoms with Crippen molar-refractivity contribution in [3.63, 3.8) is 0 Å². The lowest BCUT2D eigenvalue weighted by atomic mass is 10.1. The molecular weight excluding hydrogens is 461 g/mol. The van der Waals surface area contributed by atoms with E-state index in [1.54, 1.807) is 24.7 Å². The Morgan fingerprint density at radius 2 is 1.94 bits per heavy atom. The molecule has 5 rings (SSSR count). The molecule has 5 aromatic rings. The molecule has 0 aliphatic heterocycles. The SMILES string of the molecule is O=c1c(-c2ccc(F)cc2)c([O-])[n+](Cc2cnc(Cl)s2)c2sc(-c3cccnc3)nn12. The van der Waals surface area contributed by atoms with E-state index in [1.165, 1.54) is 56.0 Å². The van der Waals surface area contributed by atoms with Crippen LogP contribution in [0.25, 0.3) is 26.7 Å². The predicted molar refractivity (Wildman–Crippen MR) is 114 cm³/mol. The van der Waals surface area contributed by atoms with Gasteiger partial charge in [0.05, 0.1) is 10.8 Å². The van der Waals surface area contributed by atoms with Crippen molar-refractivity contribution in [1.82, 2.24) is 19.6 Å². The van der Waals surface area contributed by atoms with Crippen LogP contribution in [0.5, 0.6) is 5.88 Å². The number of pyridine rings is 1. The summed E-state index contributed by atoms with van der Waals surface area (Å²) in [6, 6.07) is 8.81. The molecule has 0 saturated heterocycles. The summed E-state index contributed by atoms with van der Waals surface area (Å²) in [5.74, 6) is -0.959. The molecule has 0 amide bonds. The van der Waals surface area contributed by atoms with Crippen molar-refractivity contribution in [2.24, 2.45) is 0 Å². The maximum absolute atomic E-state index is 13.4. The van der Waals surface area contributed by atoms with Gasteiger partial charge in [-0.25, -0.2) is 18.7 Å². The lowest BCUT2D eigenvalue weighted by Gasteiger charge is -2.14. The van der Waals surface area contributed by atoms with E-state index in [2.05, 4.69) is 15.1 Å². The van der Waals surface area contributed by atoms with Crippen LogP contribution in [0.15, 0.2) is 59.8 Å². The van der Waals surface area contributed by atoms with Crippen molar-refractivity contribution in [3.8, 4) is 27.6 Å². The van der Waals surface area contributed by atoms with Gasteiger partial charge in [-0.3, -0.25) is 4.98 Å². The molecule has 0 aliphatic carbocycles. The zero-order chi connectivity index (χ0) is 21.5. The summed E-state index contributed by atoms with van der Waals surface area (Å²) in [7, 11) is 0. The number of fused-ring (bicyclic) bond motifs is 1. The van der Waals surface area contributed by atoms with Crippen molar-refractivity contribution >= 4 is 39.2 Å². The lowest BCUT2D eigenvalue weighted by Crippen LogP contribution is -2.43.